The largest absolute Gasteiger partial charge is 0.471 e. The number of nitrogens with zero attached hydrogens (tertiary/aromatic N) is 1. The Labute approximate surface area is 861 Å². The molecule has 0 fully saturated rings. The fourth-order valence-corrected chi connectivity index (χ4v) is 14.5. The number of benzene rings is 4. The van der Waals surface area contributed by atoms with E-state index in [0.717, 1.165) is 48.9 Å². The molecule has 0 bridgehead atoms. The van der Waals surface area contributed by atoms with Crippen LogP contribution < -0.4 is 122 Å². The number of nitrogens with two attached hydrogens (primary N) is 13. The molecule has 0 heterocycles. The van der Waals surface area contributed by atoms with Crippen molar-refractivity contribution in [2.45, 2.75) is 253 Å². The van der Waals surface area contributed by atoms with Gasteiger partial charge in [0.05, 0.1) is 76.3 Å². The summed E-state index contributed by atoms with van der Waals surface area (Å²) in [6.07, 6.45) is -0.844. The fourth-order valence-electron chi connectivity index (χ4n) is 14.5. The molecule has 0 saturated heterocycles. The van der Waals surface area contributed by atoms with Gasteiger partial charge in [-0.3, -0.25) is 101 Å². The zero-order chi connectivity index (χ0) is 113. The Morgan fingerprint density at radius 1 is 0.302 bits per heavy atom. The van der Waals surface area contributed by atoms with Crippen molar-refractivity contribution in [1.29, 1.82) is 0 Å². The van der Waals surface area contributed by atoms with Crippen LogP contribution in [0.5, 0.6) is 0 Å². The highest BCUT2D eigenvalue weighted by molar-refractivity contribution is 6.00. The van der Waals surface area contributed by atoms with E-state index in [4.69, 9.17) is 74.5 Å². The number of carbonyl (C=O) groups is 21. The normalized spacial score (nSPS) is 14.2. The van der Waals surface area contributed by atoms with Crippen molar-refractivity contribution in [3.63, 3.8) is 0 Å². The van der Waals surface area contributed by atoms with Gasteiger partial charge in [0.1, 0.15) is 48.3 Å². The summed E-state index contributed by atoms with van der Waals surface area (Å²) in [6.45, 7) is 0.372. The number of hydrogen-bond acceptors (Lipinski definition) is 31. The maximum Gasteiger partial charge on any atom is 0.471 e. The lowest BCUT2D eigenvalue weighted by atomic mass is 9.90. The van der Waals surface area contributed by atoms with Crippen molar-refractivity contribution >= 4 is 124 Å². The van der Waals surface area contributed by atoms with E-state index in [1.165, 1.54) is 0 Å². The lowest BCUT2D eigenvalue weighted by Crippen LogP contribution is -2.52. The van der Waals surface area contributed by atoms with E-state index in [9.17, 15) is 134 Å². The quantitative estimate of drug-likeness (QED) is 0.0183. The van der Waals surface area contributed by atoms with Gasteiger partial charge in [0.2, 0.25) is 94.5 Å². The number of rotatable bonds is 71. The number of aliphatic hydroxyl groups is 4. The van der Waals surface area contributed by atoms with Crippen molar-refractivity contribution < 1.29 is 134 Å². The topological polar surface area (TPSA) is 889 Å². The molecule has 0 aliphatic rings. The molecule has 0 aromatic heterocycles. The van der Waals surface area contributed by atoms with Gasteiger partial charge >= 0.3 is 12.1 Å². The second-order valence-corrected chi connectivity index (χ2v) is 35.8. The van der Waals surface area contributed by atoms with Crippen molar-refractivity contribution in [3.8, 4) is 0 Å². The molecule has 48 nitrogen and oxygen atoms in total. The van der Waals surface area contributed by atoms with Gasteiger partial charge in [0.25, 0.3) is 0 Å². The summed E-state index contributed by atoms with van der Waals surface area (Å²) in [4.78, 5) is 260. The predicted molar refractivity (Wildman–Crippen MR) is 538 cm³/mol. The number of ketones is 4. The van der Waals surface area contributed by atoms with Crippen LogP contribution in [0.2, 0.25) is 0 Å². The Hall–Kier alpha value is -14.1. The highest BCUT2D eigenvalue weighted by Gasteiger charge is 2.40. The molecule has 0 aliphatic carbocycles. The molecular weight excluding hydrogens is 1960 g/mol. The monoisotopic (exact) mass is 2110 g/mol. The van der Waals surface area contributed by atoms with E-state index in [-0.39, 0.29) is 77.2 Å². The molecule has 149 heavy (non-hydrogen) atoms. The first kappa shape index (κ1) is 133. The average Bonchev–Trinajstić information content (AvgIpc) is 0.865. The van der Waals surface area contributed by atoms with Crippen LogP contribution in [0.15, 0.2) is 121 Å². The van der Waals surface area contributed by atoms with Crippen molar-refractivity contribution in [1.82, 2.24) is 52.8 Å². The highest BCUT2D eigenvalue weighted by atomic mass is 19.4. The van der Waals surface area contributed by atoms with Crippen LogP contribution in [-0.4, -0.2) is 288 Å². The Morgan fingerprint density at radius 2 is 0.523 bits per heavy atom. The lowest BCUT2D eigenvalue weighted by Gasteiger charge is -2.24. The first-order valence-corrected chi connectivity index (χ1v) is 48.4. The van der Waals surface area contributed by atoms with Crippen LogP contribution in [0.25, 0.3) is 0 Å². The molecule has 0 aliphatic heterocycles. The molecule has 39 N–H and O–H groups in total. The molecule has 17 amide bonds. The number of amides is 17. The zero-order valence-electron chi connectivity index (χ0n) is 84.1. The van der Waals surface area contributed by atoms with Gasteiger partial charge in [0.15, 0.2) is 23.1 Å². The number of carbonyl (C=O) groups excluding carboxylic acids is 21. The third-order valence-electron chi connectivity index (χ3n) is 23.0. The molecule has 16 atom stereocenters. The number of halogens is 3. The number of hydrogen-bond donors (Lipinski definition) is 26. The molecule has 4 aromatic carbocycles. The second-order valence-electron chi connectivity index (χ2n) is 35.8. The van der Waals surface area contributed by atoms with Crippen LogP contribution in [0.3, 0.4) is 0 Å². The summed E-state index contributed by atoms with van der Waals surface area (Å²) >= 11 is 0. The maximum atomic E-state index is 13.4. The first-order valence-electron chi connectivity index (χ1n) is 48.4. The van der Waals surface area contributed by atoms with Gasteiger partial charge in [-0.2, -0.15) is 13.2 Å². The van der Waals surface area contributed by atoms with Crippen molar-refractivity contribution in [3.05, 3.63) is 144 Å². The zero-order valence-corrected chi connectivity index (χ0v) is 84.1. The first-order chi connectivity index (χ1) is 70.3. The SMILES string of the molecule is CCCCCC[C@H](CC(=O)[C@H](Cc1ccccc1)NC(=O)[C@@H](N)CO)C(=O)N[C@@H](CC(N)=O)C(N)=O.CN(C)CCCC[C@H](CC(=O)[C@H](Cc1ccccc1)NC(=O)[C@@H](N)CO)C(=O)N[C@@H](CC(N)=O)C(N)=O.NC(=O)C[C@H](NC(=O)[C@H](CCCCNC(=O)C(F)(F)F)CC(=O)[C@H](Cc1ccccc1)NC(=O)[C@@H](N)CO)C(N)=O.NCCCC[C@H](CC(=O)[C@H](Cc1ccccc1)NC(=O)[C@@H](N)CO)C(=O)N[C@@H](CC(N)=O)C(N)=O. The molecule has 0 spiro atoms. The number of nitrogens with one attached hydrogen (secondary N) is 9. The van der Waals surface area contributed by atoms with E-state index >= 15 is 0 Å². The lowest BCUT2D eigenvalue weighted by molar-refractivity contribution is -0.173. The minimum Gasteiger partial charge on any atom is -0.394 e. The van der Waals surface area contributed by atoms with Crippen LogP contribution >= 0.6 is 0 Å². The van der Waals surface area contributed by atoms with Crippen LogP contribution in [0.4, 0.5) is 13.2 Å². The molecule has 0 radical (unpaired) electrons. The summed E-state index contributed by atoms with van der Waals surface area (Å²) in [5.41, 5.74) is 72.5. The maximum absolute atomic E-state index is 13.4. The Morgan fingerprint density at radius 3 is 0.725 bits per heavy atom. The molecule has 0 saturated carbocycles. The van der Waals surface area contributed by atoms with Crippen LogP contribution in [0.1, 0.15) is 170 Å². The Balaban J connectivity index is 0.000000995. The standard InChI is InChI=1S/C25H35F3N6O7.C25H40N6O6.C25H39N5O6.C23H36N6O6/c26-25(27,28)24(41)32-9-5-4-8-15(22(39)34-18(21(31)38)12-20(30)37)11-19(36)17(33-23(40)16(29)13-35)10-14-6-2-1-3-7-14;1-31(2)11-7-6-10-17(24(36)30-20(23(28)35)14-22(27)34)13-21(33)19(29-25(37)18(26)15-32)12-16-8-4-3-5-9-16;1-2-3-4-8-11-17(24(35)30-20(23(28)34)14-22(27)33)13-21(32)19(29-25(36)18(26)15-31)12-16-9-6-5-7-10-16;24-9-5-4-8-15(22(34)29-18(21(27)33)12-20(26)32)11-19(31)17(28-23(35)16(25)13-30)10-14-6-2-1-3-7-14/h1-3,6-7,15-18,35H,4-5,8-13,29H2,(H2,30,37)(H2,31,38)(H,32,41)(H,33,40)(H,34,39);3-5,8-9,17-20,32H,6-7,10-15,26H2,1-2H3,(H2,27,34)(H2,28,35)(H,29,37)(H,30,36);5-7,9-10,17-20,31H,2-4,8,11-15,26H2,1H3,(H2,27,33)(H2,28,34)(H,29,36)(H,30,35);1-3,6-7,15-18,30H,4-5,8-13,24-25H2,(H2,26,32)(H2,27,33)(H,28,35)(H,29,34)/t15-,16+,17+,18+;2*17-,18+,19+,20+;15-,16+,17+,18+/m1111/s1. The molecular formula is C98H150F3N23O25. The van der Waals surface area contributed by atoms with Crippen molar-refractivity contribution in [2.75, 3.05) is 60.2 Å². The highest BCUT2D eigenvalue weighted by Crippen LogP contribution is 2.25. The van der Waals surface area contributed by atoms with Crippen molar-refractivity contribution in [2.24, 2.45) is 98.2 Å². The Bertz CT molecular complexity index is 4930. The summed E-state index contributed by atoms with van der Waals surface area (Å²) in [5.74, 6) is -20.5. The predicted octanol–water partition coefficient (Wildman–Crippen LogP) is -6.50. The summed E-state index contributed by atoms with van der Waals surface area (Å²) < 4.78 is 37.1. The van der Waals surface area contributed by atoms with Gasteiger partial charge in [-0.15, -0.1) is 0 Å². The Kier molecular flexibility index (Phi) is 65.2. The molecule has 4 aromatic rings. The number of aliphatic hydroxyl groups excluding tert-OH is 4. The minimum atomic E-state index is -5.06. The van der Waals surface area contributed by atoms with Gasteiger partial charge in [-0.25, -0.2) is 0 Å². The number of primary amides is 8. The second kappa shape index (κ2) is 73.1. The van der Waals surface area contributed by atoms with Gasteiger partial charge in [0, 0.05) is 55.9 Å². The minimum absolute atomic E-state index is 0.00691. The van der Waals surface area contributed by atoms with E-state index < -0.39 is 284 Å². The van der Waals surface area contributed by atoms with Gasteiger partial charge in [-0.05, 0) is 120 Å². The number of Topliss-reactive ketones (excluding diaryl/α,β-unsaturated/α-hetero) is 4. The van der Waals surface area contributed by atoms with E-state index in [0.29, 0.717) is 50.6 Å². The smallest absolute Gasteiger partial charge is 0.394 e. The van der Waals surface area contributed by atoms with Gasteiger partial charge < -0.3 is 148 Å². The summed E-state index contributed by atoms with van der Waals surface area (Å²) in [6, 6.07) is 21.0. The number of unbranched alkanes of at least 4 members (excludes halogenated alkanes) is 6. The molecule has 4 rings (SSSR count). The summed E-state index contributed by atoms with van der Waals surface area (Å²) in [7, 11) is 3.84. The molecule has 51 heteroatoms. The van der Waals surface area contributed by atoms with Crippen LogP contribution in [-0.2, 0) is 126 Å². The number of alkyl halides is 3. The average molecular weight is 2110 g/mol. The molecule has 828 valence electrons. The fraction of sp³-hybridized carbons (Fsp3) is 0.541. The third-order valence-corrected chi connectivity index (χ3v) is 23.0. The van der Waals surface area contributed by atoms with E-state index in [1.807, 2.05) is 38.1 Å². The van der Waals surface area contributed by atoms with Gasteiger partial charge in [-0.1, -0.05) is 173 Å². The van der Waals surface area contributed by atoms with E-state index in [2.05, 4.69) is 42.5 Å². The van der Waals surface area contributed by atoms with E-state index in [1.54, 1.807) is 115 Å². The summed E-state index contributed by atoms with van der Waals surface area (Å²) in [5, 5.41) is 58.2. The van der Waals surface area contributed by atoms with Crippen LogP contribution in [0, 0.1) is 23.7 Å². The molecule has 0 unspecified atom stereocenters. The third kappa shape index (κ3) is 57.2.